The molecule has 3 heterocycles. The van der Waals surface area contributed by atoms with Crippen LogP contribution in [-0.2, 0) is 28.5 Å². The number of cyclic esters (lactones) is 1. The second-order valence-corrected chi connectivity index (χ2v) is 18.0. The molecule has 0 amide bonds. The standard InChI is InChI=1S/C40H62O14/c1-17-12-26(52-36(49)18(17)2)19(3)23-8-9-24-22-7-6-20-13-21(14-29(42)40(20,5)25(22)10-11-39(23,24)4)51-38-35(48)33(46)31(44)28(54-38)16-50-37-34(47)32(45)30(43)27(15-41)53-37/h6,19,21-35,37-38,41-48H,7-16H2,1-5H3/t19-,21+,22?,23?,24?,25?,26?,27+,28+,29-,30+,31+,32-,33-,34+,35+,37?,38+,39+,40-/m0/s1. The van der Waals surface area contributed by atoms with E-state index in [4.69, 9.17) is 23.7 Å². The van der Waals surface area contributed by atoms with E-state index in [-0.39, 0.29) is 29.8 Å². The molecule has 306 valence electrons. The Morgan fingerprint density at radius 3 is 2.20 bits per heavy atom. The quantitative estimate of drug-likeness (QED) is 0.127. The molecule has 0 bridgehead atoms. The SMILES string of the molecule is CC1=C(C)C(=O)OC([C@@H](C)C2CCC3C4CC=C5C[C@@H](O[C@@H]6O[C@H](COC7O[C@H](CO)[C@@H](O)[C@H](O)[C@H]7O)[C@@H](O)[C@H](O)[C@H]6O)C[C@H](O)[C@]5(C)C4CC[C@@]32C)C1. The highest BCUT2D eigenvalue weighted by atomic mass is 16.7. The number of carbonyl (C=O) groups is 1. The summed E-state index contributed by atoms with van der Waals surface area (Å²) < 4.78 is 29.1. The van der Waals surface area contributed by atoms with Crippen molar-refractivity contribution in [2.45, 2.75) is 166 Å². The number of aliphatic hydroxyl groups excluding tert-OH is 8. The van der Waals surface area contributed by atoms with Crippen molar-refractivity contribution in [3.8, 4) is 0 Å². The third-order valence-electron chi connectivity index (χ3n) is 15.4. The maximum atomic E-state index is 12.6. The van der Waals surface area contributed by atoms with Crippen LogP contribution in [0.1, 0.15) is 86.0 Å². The van der Waals surface area contributed by atoms with Gasteiger partial charge < -0.3 is 64.5 Å². The van der Waals surface area contributed by atoms with E-state index in [0.717, 1.165) is 55.2 Å². The lowest BCUT2D eigenvalue weighted by Crippen LogP contribution is -2.62. The van der Waals surface area contributed by atoms with Gasteiger partial charge in [0.15, 0.2) is 12.6 Å². The minimum Gasteiger partial charge on any atom is -0.458 e. The van der Waals surface area contributed by atoms with E-state index >= 15 is 0 Å². The summed E-state index contributed by atoms with van der Waals surface area (Å²) in [5.41, 5.74) is 2.65. The number of ether oxygens (including phenoxy) is 5. The molecule has 0 aromatic rings. The van der Waals surface area contributed by atoms with Crippen molar-refractivity contribution in [2.24, 2.45) is 40.4 Å². The van der Waals surface area contributed by atoms with Gasteiger partial charge in [-0.05, 0) is 87.4 Å². The molecule has 14 nitrogen and oxygen atoms in total. The molecule has 4 aliphatic carbocycles. The van der Waals surface area contributed by atoms with Gasteiger partial charge in [0.25, 0.3) is 0 Å². The van der Waals surface area contributed by atoms with Crippen molar-refractivity contribution in [1.29, 1.82) is 0 Å². The summed E-state index contributed by atoms with van der Waals surface area (Å²) in [4.78, 5) is 12.6. The van der Waals surface area contributed by atoms with Gasteiger partial charge in [-0.3, -0.25) is 0 Å². The van der Waals surface area contributed by atoms with Crippen molar-refractivity contribution in [1.82, 2.24) is 0 Å². The molecule has 3 saturated carbocycles. The predicted molar refractivity (Wildman–Crippen MR) is 190 cm³/mol. The molecule has 20 atom stereocenters. The van der Waals surface area contributed by atoms with Gasteiger partial charge in [0.1, 0.15) is 54.9 Å². The lowest BCUT2D eigenvalue weighted by Gasteiger charge is -2.60. The predicted octanol–water partition coefficient (Wildman–Crippen LogP) is 0.834. The summed E-state index contributed by atoms with van der Waals surface area (Å²) in [6.07, 6.45) is -7.38. The van der Waals surface area contributed by atoms with Crippen LogP contribution in [0, 0.1) is 40.4 Å². The Labute approximate surface area is 317 Å². The zero-order valence-corrected chi connectivity index (χ0v) is 32.1. The van der Waals surface area contributed by atoms with Gasteiger partial charge in [0.05, 0.1) is 25.4 Å². The van der Waals surface area contributed by atoms with Gasteiger partial charge in [-0.25, -0.2) is 4.79 Å². The normalized spacial score (nSPS) is 51.5. The molecule has 3 aliphatic heterocycles. The monoisotopic (exact) mass is 766 g/mol. The Kier molecular flexibility index (Phi) is 11.5. The van der Waals surface area contributed by atoms with E-state index in [9.17, 15) is 45.6 Å². The summed E-state index contributed by atoms with van der Waals surface area (Å²) in [5.74, 6) is 1.72. The van der Waals surface area contributed by atoms with Crippen LogP contribution < -0.4 is 0 Å². The van der Waals surface area contributed by atoms with Crippen LogP contribution in [0.3, 0.4) is 0 Å². The molecule has 0 spiro atoms. The molecule has 14 heteroatoms. The average Bonchev–Trinajstić information content (AvgIpc) is 3.50. The number of allylic oxidation sites excluding steroid dienone is 1. The number of aliphatic hydroxyl groups is 8. The van der Waals surface area contributed by atoms with Gasteiger partial charge >= 0.3 is 5.97 Å². The van der Waals surface area contributed by atoms with Crippen molar-refractivity contribution in [3.63, 3.8) is 0 Å². The Hall–Kier alpha value is -1.53. The number of fused-ring (bicyclic) bond motifs is 5. The maximum absolute atomic E-state index is 12.6. The number of hydrogen-bond donors (Lipinski definition) is 8. The average molecular weight is 767 g/mol. The summed E-state index contributed by atoms with van der Waals surface area (Å²) in [6, 6.07) is 0. The molecule has 8 N–H and O–H groups in total. The number of esters is 1. The molecule has 2 saturated heterocycles. The van der Waals surface area contributed by atoms with Gasteiger partial charge in [-0.2, -0.15) is 0 Å². The lowest BCUT2D eigenvalue weighted by atomic mass is 9.46. The van der Waals surface area contributed by atoms with Gasteiger partial charge in [0.2, 0.25) is 0 Å². The highest BCUT2D eigenvalue weighted by molar-refractivity contribution is 5.89. The first-order valence-electron chi connectivity index (χ1n) is 20.0. The van der Waals surface area contributed by atoms with Crippen molar-refractivity contribution in [2.75, 3.05) is 13.2 Å². The largest absolute Gasteiger partial charge is 0.458 e. The Morgan fingerprint density at radius 2 is 1.52 bits per heavy atom. The smallest absolute Gasteiger partial charge is 0.333 e. The zero-order chi connectivity index (χ0) is 39.0. The topological polar surface area (TPSA) is 225 Å². The van der Waals surface area contributed by atoms with Crippen molar-refractivity contribution >= 4 is 5.97 Å². The van der Waals surface area contributed by atoms with Crippen LogP contribution in [0.5, 0.6) is 0 Å². The Bertz CT molecular complexity index is 1450. The van der Waals surface area contributed by atoms with E-state index in [0.29, 0.717) is 30.1 Å². The third-order valence-corrected chi connectivity index (χ3v) is 15.4. The molecule has 5 fully saturated rings. The van der Waals surface area contributed by atoms with Crippen LogP contribution in [0.2, 0.25) is 0 Å². The van der Waals surface area contributed by atoms with Gasteiger partial charge in [-0.1, -0.05) is 38.0 Å². The Morgan fingerprint density at radius 1 is 0.852 bits per heavy atom. The molecule has 0 radical (unpaired) electrons. The Balaban J connectivity index is 1.00. The van der Waals surface area contributed by atoms with Gasteiger partial charge in [0, 0.05) is 23.8 Å². The number of carbonyl (C=O) groups excluding carboxylic acids is 1. The number of rotatable bonds is 8. The van der Waals surface area contributed by atoms with Crippen molar-refractivity contribution in [3.05, 3.63) is 22.8 Å². The van der Waals surface area contributed by atoms with Gasteiger partial charge in [-0.15, -0.1) is 0 Å². The highest BCUT2D eigenvalue weighted by Crippen LogP contribution is 2.67. The third kappa shape index (κ3) is 6.73. The first-order valence-corrected chi connectivity index (χ1v) is 20.0. The fourth-order valence-corrected chi connectivity index (χ4v) is 11.9. The first-order chi connectivity index (χ1) is 25.5. The maximum Gasteiger partial charge on any atom is 0.333 e. The minimum atomic E-state index is -1.67. The molecular formula is C40H62O14. The zero-order valence-electron chi connectivity index (χ0n) is 32.1. The van der Waals surface area contributed by atoms with Crippen LogP contribution in [0.4, 0.5) is 0 Å². The molecule has 7 rings (SSSR count). The molecule has 54 heavy (non-hydrogen) atoms. The van der Waals surface area contributed by atoms with Crippen LogP contribution in [-0.4, -0.2) is 140 Å². The highest BCUT2D eigenvalue weighted by Gasteiger charge is 2.62. The molecule has 0 aromatic heterocycles. The van der Waals surface area contributed by atoms with Crippen LogP contribution >= 0.6 is 0 Å². The van der Waals surface area contributed by atoms with Crippen LogP contribution in [0.15, 0.2) is 22.8 Å². The summed E-state index contributed by atoms with van der Waals surface area (Å²) in [7, 11) is 0. The fraction of sp³-hybridized carbons (Fsp3) is 0.875. The molecule has 7 aliphatic rings. The van der Waals surface area contributed by atoms with E-state index in [1.807, 2.05) is 13.8 Å². The van der Waals surface area contributed by atoms with E-state index < -0.39 is 92.2 Å². The second kappa shape index (κ2) is 15.3. The summed E-state index contributed by atoms with van der Waals surface area (Å²) in [6.45, 7) is 9.70. The molecular weight excluding hydrogens is 704 g/mol. The molecule has 6 unspecified atom stereocenters. The second-order valence-electron chi connectivity index (χ2n) is 18.0. The van der Waals surface area contributed by atoms with E-state index in [2.05, 4.69) is 26.8 Å². The van der Waals surface area contributed by atoms with Crippen molar-refractivity contribution < 1.29 is 69.3 Å². The summed E-state index contributed by atoms with van der Waals surface area (Å²) in [5, 5.41) is 84.3. The van der Waals surface area contributed by atoms with Crippen LogP contribution in [0.25, 0.3) is 0 Å². The minimum absolute atomic E-state index is 0.103. The first kappa shape index (κ1) is 40.7. The number of hydrogen-bond acceptors (Lipinski definition) is 14. The van der Waals surface area contributed by atoms with E-state index in [1.54, 1.807) is 0 Å². The van der Waals surface area contributed by atoms with E-state index in [1.165, 1.54) is 0 Å². The summed E-state index contributed by atoms with van der Waals surface area (Å²) >= 11 is 0. The molecule has 0 aromatic carbocycles. The lowest BCUT2D eigenvalue weighted by molar-refractivity contribution is -0.337. The fourth-order valence-electron chi connectivity index (χ4n) is 11.9.